The van der Waals surface area contributed by atoms with E-state index in [0.717, 1.165) is 36.8 Å². The molecule has 1 N–H and O–H groups in total. The van der Waals surface area contributed by atoms with Crippen molar-refractivity contribution >= 4 is 23.4 Å². The number of nitrogens with zero attached hydrogens (tertiary/aromatic N) is 1. The van der Waals surface area contributed by atoms with Crippen molar-refractivity contribution in [3.8, 4) is 0 Å². The fraction of sp³-hybridized carbons (Fsp3) is 0.462. The van der Waals surface area contributed by atoms with Gasteiger partial charge < -0.3 is 10.2 Å². The number of aryl methyl sites for hydroxylation is 1. The standard InChI is InChI=1S/C26H33ClN2O2/c1-2-24(26(31)28-22-14-7-4-8-15-22)29(19-20-11-5-3-6-12-20)25(30)18-17-21-13-9-10-16-23(21)27/h3,5-6,9-13,16,22,24H,2,4,7-8,14-15,17-19H2,1H3,(H,28,31)/t24-/m0/s1. The summed E-state index contributed by atoms with van der Waals surface area (Å²) in [6, 6.07) is 17.3. The van der Waals surface area contributed by atoms with Crippen LogP contribution in [0.25, 0.3) is 0 Å². The highest BCUT2D eigenvalue weighted by Gasteiger charge is 2.30. The number of amides is 2. The van der Waals surface area contributed by atoms with Crippen molar-refractivity contribution in [2.45, 2.75) is 76.9 Å². The van der Waals surface area contributed by atoms with Crippen LogP contribution in [0.15, 0.2) is 54.6 Å². The lowest BCUT2D eigenvalue weighted by molar-refractivity contribution is -0.141. The van der Waals surface area contributed by atoms with Crippen LogP contribution in [-0.2, 0) is 22.6 Å². The number of halogens is 1. The molecule has 3 rings (SSSR count). The molecule has 1 aliphatic carbocycles. The molecule has 0 spiro atoms. The van der Waals surface area contributed by atoms with E-state index < -0.39 is 6.04 Å². The number of hydrogen-bond acceptors (Lipinski definition) is 2. The Labute approximate surface area is 191 Å². The maximum Gasteiger partial charge on any atom is 0.243 e. The van der Waals surface area contributed by atoms with Crippen molar-refractivity contribution < 1.29 is 9.59 Å². The number of hydrogen-bond donors (Lipinski definition) is 1. The maximum absolute atomic E-state index is 13.3. The predicted octanol–water partition coefficient (Wildman–Crippen LogP) is 5.53. The third kappa shape index (κ3) is 6.83. The molecule has 31 heavy (non-hydrogen) atoms. The van der Waals surface area contributed by atoms with Crippen LogP contribution in [-0.4, -0.2) is 28.8 Å². The van der Waals surface area contributed by atoms with Gasteiger partial charge in [-0.15, -0.1) is 0 Å². The van der Waals surface area contributed by atoms with E-state index in [1.165, 1.54) is 6.42 Å². The summed E-state index contributed by atoms with van der Waals surface area (Å²) in [7, 11) is 0. The summed E-state index contributed by atoms with van der Waals surface area (Å²) < 4.78 is 0. The quantitative estimate of drug-likeness (QED) is 0.557. The molecule has 0 bridgehead atoms. The van der Waals surface area contributed by atoms with Gasteiger partial charge in [-0.3, -0.25) is 9.59 Å². The van der Waals surface area contributed by atoms with Crippen LogP contribution in [0, 0.1) is 0 Å². The first-order valence-corrected chi connectivity index (χ1v) is 11.8. The largest absolute Gasteiger partial charge is 0.352 e. The van der Waals surface area contributed by atoms with Gasteiger partial charge in [0, 0.05) is 24.0 Å². The molecule has 2 amide bonds. The normalized spacial score (nSPS) is 15.3. The Bertz CT molecular complexity index is 849. The van der Waals surface area contributed by atoms with E-state index in [4.69, 9.17) is 11.6 Å². The molecular weight excluding hydrogens is 408 g/mol. The smallest absolute Gasteiger partial charge is 0.243 e. The highest BCUT2D eigenvalue weighted by atomic mass is 35.5. The summed E-state index contributed by atoms with van der Waals surface area (Å²) in [5, 5.41) is 3.89. The molecule has 2 aromatic carbocycles. The molecule has 0 aliphatic heterocycles. The average molecular weight is 441 g/mol. The van der Waals surface area contributed by atoms with Gasteiger partial charge >= 0.3 is 0 Å². The van der Waals surface area contributed by atoms with E-state index in [1.54, 1.807) is 4.90 Å². The fourth-order valence-corrected chi connectivity index (χ4v) is 4.56. The number of carbonyl (C=O) groups excluding carboxylic acids is 2. The Morgan fingerprint density at radius 3 is 2.39 bits per heavy atom. The molecule has 0 radical (unpaired) electrons. The molecule has 0 aromatic heterocycles. The molecule has 1 atom stereocenters. The molecule has 2 aromatic rings. The first kappa shape index (κ1) is 23.3. The zero-order valence-electron chi connectivity index (χ0n) is 18.4. The summed E-state index contributed by atoms with van der Waals surface area (Å²) in [6.45, 7) is 2.41. The minimum atomic E-state index is -0.471. The highest BCUT2D eigenvalue weighted by molar-refractivity contribution is 6.31. The zero-order valence-corrected chi connectivity index (χ0v) is 19.1. The van der Waals surface area contributed by atoms with Gasteiger partial charge in [-0.1, -0.05) is 86.3 Å². The van der Waals surface area contributed by atoms with Gasteiger partial charge in [0.15, 0.2) is 0 Å². The monoisotopic (exact) mass is 440 g/mol. The van der Waals surface area contributed by atoms with E-state index >= 15 is 0 Å². The van der Waals surface area contributed by atoms with Crippen LogP contribution in [0.2, 0.25) is 5.02 Å². The first-order valence-electron chi connectivity index (χ1n) is 11.5. The van der Waals surface area contributed by atoms with E-state index in [-0.39, 0.29) is 17.9 Å². The second-order valence-electron chi connectivity index (χ2n) is 8.37. The summed E-state index contributed by atoms with van der Waals surface area (Å²) >= 11 is 6.28. The molecule has 4 nitrogen and oxygen atoms in total. The highest BCUT2D eigenvalue weighted by Crippen LogP contribution is 2.21. The fourth-order valence-electron chi connectivity index (χ4n) is 4.33. The maximum atomic E-state index is 13.3. The molecule has 0 heterocycles. The van der Waals surface area contributed by atoms with Gasteiger partial charge in [0.1, 0.15) is 6.04 Å². The lowest BCUT2D eigenvalue weighted by Gasteiger charge is -2.33. The minimum Gasteiger partial charge on any atom is -0.352 e. The van der Waals surface area contributed by atoms with Crippen molar-refractivity contribution in [1.29, 1.82) is 0 Å². The zero-order chi connectivity index (χ0) is 22.1. The number of nitrogens with one attached hydrogen (secondary N) is 1. The number of rotatable bonds is 9. The van der Waals surface area contributed by atoms with Gasteiger partial charge in [-0.2, -0.15) is 0 Å². The lowest BCUT2D eigenvalue weighted by atomic mass is 9.95. The molecule has 166 valence electrons. The van der Waals surface area contributed by atoms with Crippen molar-refractivity contribution in [2.24, 2.45) is 0 Å². The summed E-state index contributed by atoms with van der Waals surface area (Å²) in [6.07, 6.45) is 7.09. The summed E-state index contributed by atoms with van der Waals surface area (Å²) in [5.41, 5.74) is 1.98. The second-order valence-corrected chi connectivity index (χ2v) is 8.77. The minimum absolute atomic E-state index is 0.0191. The van der Waals surface area contributed by atoms with E-state index in [1.807, 2.05) is 61.5 Å². The van der Waals surface area contributed by atoms with Crippen LogP contribution in [0.3, 0.4) is 0 Å². The Kier molecular flexibility index (Phi) is 8.96. The van der Waals surface area contributed by atoms with Crippen LogP contribution in [0.5, 0.6) is 0 Å². The Morgan fingerprint density at radius 1 is 1.03 bits per heavy atom. The molecule has 1 fully saturated rings. The van der Waals surface area contributed by atoms with Gasteiger partial charge in [-0.05, 0) is 42.9 Å². The second kappa shape index (κ2) is 11.9. The van der Waals surface area contributed by atoms with Gasteiger partial charge in [-0.25, -0.2) is 0 Å². The lowest BCUT2D eigenvalue weighted by Crippen LogP contribution is -2.51. The van der Waals surface area contributed by atoms with E-state index in [9.17, 15) is 9.59 Å². The summed E-state index contributed by atoms with van der Waals surface area (Å²) in [5.74, 6) is -0.0501. The predicted molar refractivity (Wildman–Crippen MR) is 126 cm³/mol. The first-order chi connectivity index (χ1) is 15.1. The third-order valence-electron chi connectivity index (χ3n) is 6.10. The molecule has 1 saturated carbocycles. The topological polar surface area (TPSA) is 49.4 Å². The van der Waals surface area contributed by atoms with Crippen LogP contribution in [0.4, 0.5) is 0 Å². The Morgan fingerprint density at radius 2 is 1.71 bits per heavy atom. The van der Waals surface area contributed by atoms with E-state index in [0.29, 0.717) is 30.8 Å². The molecule has 1 aliphatic rings. The van der Waals surface area contributed by atoms with Gasteiger partial charge in [0.25, 0.3) is 0 Å². The average Bonchev–Trinajstić information content (AvgIpc) is 2.79. The van der Waals surface area contributed by atoms with Gasteiger partial charge in [0.2, 0.25) is 11.8 Å². The summed E-state index contributed by atoms with van der Waals surface area (Å²) in [4.78, 5) is 28.3. The Balaban J connectivity index is 1.73. The molecule has 0 unspecified atom stereocenters. The van der Waals surface area contributed by atoms with Crippen LogP contribution < -0.4 is 5.32 Å². The third-order valence-corrected chi connectivity index (χ3v) is 6.47. The SMILES string of the molecule is CC[C@@H](C(=O)NC1CCCCC1)N(Cc1ccccc1)C(=O)CCc1ccccc1Cl. The Hall–Kier alpha value is -2.33. The van der Waals surface area contributed by atoms with Crippen molar-refractivity contribution in [1.82, 2.24) is 10.2 Å². The molecular formula is C26H33ClN2O2. The molecule has 0 saturated heterocycles. The van der Waals surface area contributed by atoms with Crippen molar-refractivity contribution in [2.75, 3.05) is 0 Å². The van der Waals surface area contributed by atoms with E-state index in [2.05, 4.69) is 5.32 Å². The van der Waals surface area contributed by atoms with Crippen LogP contribution >= 0.6 is 11.6 Å². The number of carbonyl (C=O) groups is 2. The van der Waals surface area contributed by atoms with Crippen LogP contribution in [0.1, 0.15) is 63.0 Å². The van der Waals surface area contributed by atoms with Crippen molar-refractivity contribution in [3.05, 3.63) is 70.7 Å². The number of benzene rings is 2. The van der Waals surface area contributed by atoms with Crippen molar-refractivity contribution in [3.63, 3.8) is 0 Å². The van der Waals surface area contributed by atoms with Gasteiger partial charge in [0.05, 0.1) is 0 Å². The molecule has 5 heteroatoms.